The topological polar surface area (TPSA) is 102 Å². The van der Waals surface area contributed by atoms with Crippen molar-refractivity contribution in [1.82, 2.24) is 4.72 Å². The zero-order valence-electron chi connectivity index (χ0n) is 13.9. The number of halogens is 1. The van der Waals surface area contributed by atoms with Crippen LogP contribution in [0.4, 0.5) is 10.5 Å². The van der Waals surface area contributed by atoms with Crippen molar-refractivity contribution in [3.05, 3.63) is 59.1 Å². The molecule has 2 aromatic rings. The number of carbonyl (C=O) groups excluding carboxylic acids is 2. The number of carbonyl (C=O) groups is 2. The van der Waals surface area contributed by atoms with Crippen LogP contribution in [0.1, 0.15) is 23.7 Å². The van der Waals surface area contributed by atoms with Gasteiger partial charge in [0, 0.05) is 10.7 Å². The molecule has 2 amide bonds. The summed E-state index contributed by atoms with van der Waals surface area (Å²) in [5.41, 5.74) is 0.645. The SMILES string of the molecule is CCCOC(=O)c1ccc(NC(=O)NS(=O)(=O)c2cccc(Cl)c2)cc1. The van der Waals surface area contributed by atoms with Gasteiger partial charge in [0.1, 0.15) is 0 Å². The monoisotopic (exact) mass is 396 g/mol. The summed E-state index contributed by atoms with van der Waals surface area (Å²) in [5, 5.41) is 2.61. The minimum atomic E-state index is -4.05. The van der Waals surface area contributed by atoms with E-state index in [1.54, 1.807) is 0 Å². The summed E-state index contributed by atoms with van der Waals surface area (Å²) >= 11 is 5.76. The molecule has 0 saturated carbocycles. The second-order valence-corrected chi connectivity index (χ2v) is 7.35. The number of sulfonamides is 1. The molecular weight excluding hydrogens is 380 g/mol. The summed E-state index contributed by atoms with van der Waals surface area (Å²) in [4.78, 5) is 23.5. The minimum Gasteiger partial charge on any atom is -0.462 e. The van der Waals surface area contributed by atoms with Gasteiger partial charge in [-0.25, -0.2) is 22.7 Å². The number of esters is 1. The van der Waals surface area contributed by atoms with Crippen LogP contribution in [0.2, 0.25) is 5.02 Å². The van der Waals surface area contributed by atoms with Crippen LogP contribution in [0.25, 0.3) is 0 Å². The lowest BCUT2D eigenvalue weighted by Gasteiger charge is -2.09. The average molecular weight is 397 g/mol. The van der Waals surface area contributed by atoms with E-state index in [0.29, 0.717) is 24.3 Å². The summed E-state index contributed by atoms with van der Waals surface area (Å²) < 4.78 is 31.2. The zero-order chi connectivity index (χ0) is 19.2. The second-order valence-electron chi connectivity index (χ2n) is 5.23. The van der Waals surface area contributed by atoms with E-state index >= 15 is 0 Å². The van der Waals surface area contributed by atoms with Crippen molar-refractivity contribution in [3.63, 3.8) is 0 Å². The van der Waals surface area contributed by atoms with Crippen molar-refractivity contribution in [2.45, 2.75) is 18.2 Å². The Hall–Kier alpha value is -2.58. The lowest BCUT2D eigenvalue weighted by Crippen LogP contribution is -2.34. The van der Waals surface area contributed by atoms with Crippen LogP contribution >= 0.6 is 11.6 Å². The van der Waals surface area contributed by atoms with E-state index in [1.165, 1.54) is 48.5 Å². The third-order valence-electron chi connectivity index (χ3n) is 3.15. The highest BCUT2D eigenvalue weighted by Crippen LogP contribution is 2.16. The summed E-state index contributed by atoms with van der Waals surface area (Å²) in [6.45, 7) is 2.21. The molecule has 0 aliphatic rings. The highest BCUT2D eigenvalue weighted by molar-refractivity contribution is 7.90. The molecule has 9 heteroatoms. The lowest BCUT2D eigenvalue weighted by molar-refractivity contribution is 0.0505. The molecule has 2 aromatic carbocycles. The number of anilines is 1. The molecule has 0 fully saturated rings. The Morgan fingerprint density at radius 3 is 2.42 bits per heavy atom. The molecule has 0 heterocycles. The number of rotatable bonds is 6. The number of urea groups is 1. The molecule has 2 N–H and O–H groups in total. The number of hydrogen-bond acceptors (Lipinski definition) is 5. The Morgan fingerprint density at radius 1 is 1.12 bits per heavy atom. The number of hydrogen-bond donors (Lipinski definition) is 2. The summed E-state index contributed by atoms with van der Waals surface area (Å²) in [6, 6.07) is 10.5. The molecule has 0 aromatic heterocycles. The Labute approximate surface area is 156 Å². The number of nitrogens with one attached hydrogen (secondary N) is 2. The largest absolute Gasteiger partial charge is 0.462 e. The molecule has 0 aliphatic heterocycles. The summed E-state index contributed by atoms with van der Waals surface area (Å²) in [5.74, 6) is -0.466. The van der Waals surface area contributed by atoms with Gasteiger partial charge in [-0.05, 0) is 48.9 Å². The van der Waals surface area contributed by atoms with Gasteiger partial charge in [-0.1, -0.05) is 24.6 Å². The van der Waals surface area contributed by atoms with Gasteiger partial charge in [-0.2, -0.15) is 0 Å². The zero-order valence-corrected chi connectivity index (χ0v) is 15.4. The fraction of sp³-hybridized carbons (Fsp3) is 0.176. The fourth-order valence-corrected chi connectivity index (χ4v) is 3.15. The van der Waals surface area contributed by atoms with Crippen molar-refractivity contribution < 1.29 is 22.7 Å². The van der Waals surface area contributed by atoms with E-state index in [1.807, 2.05) is 11.6 Å². The number of amides is 2. The molecule has 7 nitrogen and oxygen atoms in total. The van der Waals surface area contributed by atoms with E-state index in [4.69, 9.17) is 16.3 Å². The van der Waals surface area contributed by atoms with Gasteiger partial charge >= 0.3 is 12.0 Å². The highest BCUT2D eigenvalue weighted by atomic mass is 35.5. The molecule has 0 spiro atoms. The Bertz CT molecular complexity index is 898. The van der Waals surface area contributed by atoms with Gasteiger partial charge in [0.25, 0.3) is 10.0 Å². The molecule has 0 saturated heterocycles. The minimum absolute atomic E-state index is 0.130. The maximum atomic E-state index is 12.1. The second kappa shape index (κ2) is 8.68. The lowest BCUT2D eigenvalue weighted by atomic mass is 10.2. The Balaban J connectivity index is 2.00. The average Bonchev–Trinajstić information content (AvgIpc) is 2.59. The molecular formula is C17H17ClN2O5S. The Kier molecular flexibility index (Phi) is 6.59. The maximum Gasteiger partial charge on any atom is 0.338 e. The van der Waals surface area contributed by atoms with Gasteiger partial charge in [-0.15, -0.1) is 0 Å². The van der Waals surface area contributed by atoms with E-state index in [2.05, 4.69) is 5.32 Å². The molecule has 0 unspecified atom stereocenters. The standard InChI is InChI=1S/C17H17ClN2O5S/c1-2-10-25-16(21)12-6-8-14(9-7-12)19-17(22)20-26(23,24)15-5-3-4-13(18)11-15/h3-9,11H,2,10H2,1H3,(H2,19,20,22). The van der Waals surface area contributed by atoms with Gasteiger partial charge in [0.15, 0.2) is 0 Å². The molecule has 138 valence electrons. The third kappa shape index (κ3) is 5.47. The van der Waals surface area contributed by atoms with Crippen LogP contribution in [0.3, 0.4) is 0 Å². The summed E-state index contributed by atoms with van der Waals surface area (Å²) in [7, 11) is -4.05. The van der Waals surface area contributed by atoms with Gasteiger partial charge in [0.2, 0.25) is 0 Å². The van der Waals surface area contributed by atoms with Gasteiger partial charge in [0.05, 0.1) is 17.1 Å². The quantitative estimate of drug-likeness (QED) is 0.728. The number of benzene rings is 2. The molecule has 0 bridgehead atoms. The van der Waals surface area contributed by atoms with Crippen LogP contribution in [-0.4, -0.2) is 27.0 Å². The van der Waals surface area contributed by atoms with Gasteiger partial charge < -0.3 is 10.1 Å². The van der Waals surface area contributed by atoms with Crippen LogP contribution < -0.4 is 10.0 Å². The van der Waals surface area contributed by atoms with Crippen LogP contribution in [0.15, 0.2) is 53.4 Å². The van der Waals surface area contributed by atoms with E-state index in [0.717, 1.165) is 0 Å². The maximum absolute atomic E-state index is 12.1. The van der Waals surface area contributed by atoms with Crippen molar-refractivity contribution in [1.29, 1.82) is 0 Å². The first-order valence-corrected chi connectivity index (χ1v) is 9.54. The third-order valence-corrected chi connectivity index (χ3v) is 4.71. The van der Waals surface area contributed by atoms with Crippen LogP contribution in [0, 0.1) is 0 Å². The Morgan fingerprint density at radius 2 is 1.81 bits per heavy atom. The van der Waals surface area contributed by atoms with E-state index in [9.17, 15) is 18.0 Å². The molecule has 0 aliphatic carbocycles. The van der Waals surface area contributed by atoms with Crippen molar-refractivity contribution >= 4 is 39.3 Å². The van der Waals surface area contributed by atoms with Crippen molar-refractivity contribution in [3.8, 4) is 0 Å². The van der Waals surface area contributed by atoms with Crippen molar-refractivity contribution in [2.24, 2.45) is 0 Å². The first kappa shape index (κ1) is 19.7. The van der Waals surface area contributed by atoms with E-state index in [-0.39, 0.29) is 9.92 Å². The first-order chi connectivity index (χ1) is 12.3. The molecule has 26 heavy (non-hydrogen) atoms. The normalized spacial score (nSPS) is 10.8. The first-order valence-electron chi connectivity index (χ1n) is 7.68. The highest BCUT2D eigenvalue weighted by Gasteiger charge is 2.18. The van der Waals surface area contributed by atoms with Crippen LogP contribution in [-0.2, 0) is 14.8 Å². The number of ether oxygens (including phenoxy) is 1. The predicted molar refractivity (Wildman–Crippen MR) is 97.8 cm³/mol. The molecule has 2 rings (SSSR count). The summed E-state index contributed by atoms with van der Waals surface area (Å²) in [6.07, 6.45) is 0.715. The molecule has 0 atom stereocenters. The predicted octanol–water partition coefficient (Wildman–Crippen LogP) is 3.42. The molecule has 0 radical (unpaired) electrons. The van der Waals surface area contributed by atoms with Gasteiger partial charge in [-0.3, -0.25) is 0 Å². The fourth-order valence-electron chi connectivity index (χ4n) is 1.94. The smallest absolute Gasteiger partial charge is 0.338 e. The van der Waals surface area contributed by atoms with Crippen molar-refractivity contribution in [2.75, 3.05) is 11.9 Å². The van der Waals surface area contributed by atoms with Crippen LogP contribution in [0.5, 0.6) is 0 Å². The van der Waals surface area contributed by atoms with E-state index < -0.39 is 22.0 Å².